The van der Waals surface area contributed by atoms with Crippen molar-refractivity contribution < 1.29 is 18.1 Å². The lowest BCUT2D eigenvalue weighted by Gasteiger charge is -2.14. The molecule has 0 amide bonds. The summed E-state index contributed by atoms with van der Waals surface area (Å²) in [7, 11) is -3.99. The number of hydrogen-bond donors (Lipinski definition) is 2. The molecule has 2 unspecified atom stereocenters. The van der Waals surface area contributed by atoms with Gasteiger partial charge in [0.25, 0.3) is 10.1 Å². The van der Waals surface area contributed by atoms with Gasteiger partial charge < -0.3 is 5.11 Å². The molecule has 0 spiro atoms. The topological polar surface area (TPSA) is 74.6 Å². The Morgan fingerprint density at radius 2 is 1.08 bits per heavy atom. The second-order valence-corrected chi connectivity index (χ2v) is 9.29. The van der Waals surface area contributed by atoms with E-state index in [1.165, 1.54) is 64.2 Å². The summed E-state index contributed by atoms with van der Waals surface area (Å²) in [5.41, 5.74) is 0. The van der Waals surface area contributed by atoms with E-state index in [4.69, 9.17) is 0 Å². The molecule has 0 aromatic heterocycles. The molecular weight excluding hydrogens is 336 g/mol. The van der Waals surface area contributed by atoms with Crippen LogP contribution in [0.4, 0.5) is 0 Å². The molecule has 0 fully saturated rings. The van der Waals surface area contributed by atoms with E-state index in [1.807, 2.05) is 0 Å². The first-order chi connectivity index (χ1) is 11.9. The third-order valence-corrected chi connectivity index (χ3v) is 6.27. The van der Waals surface area contributed by atoms with E-state index in [1.54, 1.807) is 6.92 Å². The molecule has 0 saturated heterocycles. The van der Waals surface area contributed by atoms with Crippen LogP contribution < -0.4 is 0 Å². The van der Waals surface area contributed by atoms with E-state index in [2.05, 4.69) is 6.92 Å². The van der Waals surface area contributed by atoms with Gasteiger partial charge in [-0.05, 0) is 26.2 Å². The summed E-state index contributed by atoms with van der Waals surface area (Å²) in [6, 6.07) is 0. The molecule has 4 nitrogen and oxygen atoms in total. The first-order valence-corrected chi connectivity index (χ1v) is 12.0. The van der Waals surface area contributed by atoms with Crippen molar-refractivity contribution in [3.05, 3.63) is 0 Å². The Hall–Kier alpha value is -0.130. The minimum absolute atomic E-state index is 0.342. The van der Waals surface area contributed by atoms with Crippen molar-refractivity contribution in [3.8, 4) is 0 Å². The summed E-state index contributed by atoms with van der Waals surface area (Å²) >= 11 is 0. The van der Waals surface area contributed by atoms with Gasteiger partial charge in [-0.3, -0.25) is 4.55 Å². The van der Waals surface area contributed by atoms with Gasteiger partial charge in [0, 0.05) is 0 Å². The number of rotatable bonds is 18. The van der Waals surface area contributed by atoms with E-state index in [-0.39, 0.29) is 0 Å². The molecule has 152 valence electrons. The molecule has 0 radical (unpaired) electrons. The number of unbranched alkanes of at least 4 members (excludes halogenated alkanes) is 12. The number of hydrogen-bond acceptors (Lipinski definition) is 3. The molecule has 0 aliphatic rings. The fraction of sp³-hybridized carbons (Fsp3) is 1.00. The summed E-state index contributed by atoms with van der Waals surface area (Å²) in [5.74, 6) is 0. The molecule has 0 heterocycles. The second kappa shape index (κ2) is 16.1. The predicted molar refractivity (Wildman–Crippen MR) is 107 cm³/mol. The lowest BCUT2D eigenvalue weighted by Crippen LogP contribution is -2.22. The lowest BCUT2D eigenvalue weighted by molar-refractivity contribution is 0.180. The first kappa shape index (κ1) is 24.9. The van der Waals surface area contributed by atoms with Crippen molar-refractivity contribution in [1.82, 2.24) is 0 Å². The third-order valence-electron chi connectivity index (χ3n) is 4.96. The Bertz CT molecular complexity index is 379. The smallest absolute Gasteiger partial charge is 0.267 e. The average Bonchev–Trinajstić information content (AvgIpc) is 2.53. The maximum absolute atomic E-state index is 11.4. The van der Waals surface area contributed by atoms with Gasteiger partial charge in [0.1, 0.15) is 0 Å². The molecule has 5 heteroatoms. The van der Waals surface area contributed by atoms with Crippen molar-refractivity contribution in [3.63, 3.8) is 0 Å². The molecule has 0 aromatic carbocycles. The van der Waals surface area contributed by atoms with Gasteiger partial charge in [-0.15, -0.1) is 0 Å². The molecule has 2 N–H and O–H groups in total. The Labute approximate surface area is 156 Å². The van der Waals surface area contributed by atoms with Crippen molar-refractivity contribution in [1.29, 1.82) is 0 Å². The molecular formula is C20H42O4S. The normalized spacial score (nSPS) is 14.6. The SMILES string of the molecule is CCCCCCCCCCCCCCCC(CCC(C)O)S(=O)(=O)O. The van der Waals surface area contributed by atoms with Crippen molar-refractivity contribution in [2.45, 2.75) is 128 Å². The van der Waals surface area contributed by atoms with Crippen LogP contribution in [-0.2, 0) is 10.1 Å². The largest absolute Gasteiger partial charge is 0.393 e. The van der Waals surface area contributed by atoms with Crippen molar-refractivity contribution in [2.75, 3.05) is 0 Å². The van der Waals surface area contributed by atoms with Gasteiger partial charge in [0.2, 0.25) is 0 Å². The highest BCUT2D eigenvalue weighted by Crippen LogP contribution is 2.18. The van der Waals surface area contributed by atoms with Crippen LogP contribution in [0.2, 0.25) is 0 Å². The standard InChI is InChI=1S/C20H42O4S/c1-3-4-5-6-7-8-9-10-11-12-13-14-15-16-20(25(22,23)24)18-17-19(2)21/h19-21H,3-18H2,1-2H3,(H,22,23,24). The lowest BCUT2D eigenvalue weighted by atomic mass is 10.0. The van der Waals surface area contributed by atoms with Crippen molar-refractivity contribution >= 4 is 10.1 Å². The summed E-state index contributed by atoms with van der Waals surface area (Å²) in [6.45, 7) is 3.89. The van der Waals surface area contributed by atoms with Crippen LogP contribution in [0.25, 0.3) is 0 Å². The molecule has 0 bridgehead atoms. The summed E-state index contributed by atoms with van der Waals surface area (Å²) in [4.78, 5) is 0. The summed E-state index contributed by atoms with van der Waals surface area (Å²) < 4.78 is 32.0. The zero-order chi connectivity index (χ0) is 19.0. The van der Waals surface area contributed by atoms with Crippen LogP contribution in [0.1, 0.15) is 117 Å². The Morgan fingerprint density at radius 3 is 1.44 bits per heavy atom. The highest BCUT2D eigenvalue weighted by molar-refractivity contribution is 7.86. The van der Waals surface area contributed by atoms with Crippen LogP contribution >= 0.6 is 0 Å². The average molecular weight is 379 g/mol. The zero-order valence-corrected chi connectivity index (χ0v) is 17.4. The van der Waals surface area contributed by atoms with Gasteiger partial charge in [-0.25, -0.2) is 0 Å². The molecule has 25 heavy (non-hydrogen) atoms. The quantitative estimate of drug-likeness (QED) is 0.230. The third kappa shape index (κ3) is 17.1. The van der Waals surface area contributed by atoms with Crippen LogP contribution in [0.3, 0.4) is 0 Å². The van der Waals surface area contributed by atoms with E-state index in [0.29, 0.717) is 19.3 Å². The van der Waals surface area contributed by atoms with E-state index < -0.39 is 21.5 Å². The van der Waals surface area contributed by atoms with E-state index in [0.717, 1.165) is 19.3 Å². The monoisotopic (exact) mass is 378 g/mol. The van der Waals surface area contributed by atoms with Crippen LogP contribution in [0.5, 0.6) is 0 Å². The maximum atomic E-state index is 11.4. The van der Waals surface area contributed by atoms with Gasteiger partial charge in [0.15, 0.2) is 0 Å². The highest BCUT2D eigenvalue weighted by Gasteiger charge is 2.22. The Balaban J connectivity index is 3.51. The number of aliphatic hydroxyl groups is 1. The summed E-state index contributed by atoms with van der Waals surface area (Å²) in [5, 5.41) is 8.56. The maximum Gasteiger partial charge on any atom is 0.267 e. The Kier molecular flexibility index (Phi) is 16.0. The highest BCUT2D eigenvalue weighted by atomic mass is 32.2. The van der Waals surface area contributed by atoms with Gasteiger partial charge in [0.05, 0.1) is 11.4 Å². The van der Waals surface area contributed by atoms with E-state index in [9.17, 15) is 18.1 Å². The Morgan fingerprint density at radius 1 is 0.680 bits per heavy atom. The second-order valence-electron chi connectivity index (χ2n) is 7.59. The molecule has 0 rings (SSSR count). The molecule has 0 aromatic rings. The molecule has 0 aliphatic carbocycles. The molecule has 2 atom stereocenters. The van der Waals surface area contributed by atoms with E-state index >= 15 is 0 Å². The van der Waals surface area contributed by atoms with Crippen LogP contribution in [0.15, 0.2) is 0 Å². The van der Waals surface area contributed by atoms with Crippen LogP contribution in [0, 0.1) is 0 Å². The molecule has 0 saturated carbocycles. The zero-order valence-electron chi connectivity index (χ0n) is 16.6. The fourth-order valence-corrected chi connectivity index (χ4v) is 4.16. The van der Waals surface area contributed by atoms with Gasteiger partial charge in [-0.1, -0.05) is 90.4 Å². The molecule has 0 aliphatic heterocycles. The minimum atomic E-state index is -3.99. The van der Waals surface area contributed by atoms with Crippen LogP contribution in [-0.4, -0.2) is 29.4 Å². The fourth-order valence-electron chi connectivity index (χ4n) is 3.26. The minimum Gasteiger partial charge on any atom is -0.393 e. The first-order valence-electron chi connectivity index (χ1n) is 10.5. The van der Waals surface area contributed by atoms with Crippen molar-refractivity contribution in [2.24, 2.45) is 0 Å². The van der Waals surface area contributed by atoms with Gasteiger partial charge >= 0.3 is 0 Å². The number of aliphatic hydroxyl groups excluding tert-OH is 1. The predicted octanol–water partition coefficient (Wildman–Crippen LogP) is 5.89. The summed E-state index contributed by atoms with van der Waals surface area (Å²) in [6.07, 6.45) is 17.1. The van der Waals surface area contributed by atoms with Gasteiger partial charge in [-0.2, -0.15) is 8.42 Å².